The molecule has 3 amide bonds. The summed E-state index contributed by atoms with van der Waals surface area (Å²) in [4.78, 5) is 39.3. The summed E-state index contributed by atoms with van der Waals surface area (Å²) in [7, 11) is 0. The van der Waals surface area contributed by atoms with Crippen LogP contribution in [0.15, 0.2) is 24.3 Å². The number of nitrogens with zero attached hydrogens (tertiary/aromatic N) is 2. The van der Waals surface area contributed by atoms with Gasteiger partial charge in [-0.1, -0.05) is 29.8 Å². The van der Waals surface area contributed by atoms with E-state index in [1.54, 1.807) is 22.8 Å². The van der Waals surface area contributed by atoms with Crippen LogP contribution in [0.4, 0.5) is 4.79 Å². The van der Waals surface area contributed by atoms with Gasteiger partial charge in [-0.05, 0) is 31.4 Å². The van der Waals surface area contributed by atoms with Crippen molar-refractivity contribution in [3.63, 3.8) is 0 Å². The number of hydrogen-bond acceptors (Lipinski definition) is 4. The summed E-state index contributed by atoms with van der Waals surface area (Å²) in [5.41, 5.74) is 0.824. The molecule has 27 heavy (non-hydrogen) atoms. The first-order valence-corrected chi connectivity index (χ1v) is 9.49. The molecule has 1 N–H and O–H groups in total. The Morgan fingerprint density at radius 3 is 2.52 bits per heavy atom. The number of carbonyl (C=O) groups is 3. The number of ether oxygens (including phenoxy) is 1. The van der Waals surface area contributed by atoms with Crippen LogP contribution in [0, 0.1) is 0 Å². The predicted octanol–water partition coefficient (Wildman–Crippen LogP) is 2.43. The molecule has 0 unspecified atom stereocenters. The predicted molar refractivity (Wildman–Crippen MR) is 102 cm³/mol. The topological polar surface area (TPSA) is 79.0 Å². The van der Waals surface area contributed by atoms with Gasteiger partial charge in [0, 0.05) is 37.6 Å². The van der Waals surface area contributed by atoms with E-state index in [0.29, 0.717) is 44.1 Å². The summed E-state index contributed by atoms with van der Waals surface area (Å²) in [6, 6.07) is 7.22. The van der Waals surface area contributed by atoms with E-state index in [9.17, 15) is 14.4 Å². The van der Waals surface area contributed by atoms with Crippen molar-refractivity contribution in [3.8, 4) is 0 Å². The van der Waals surface area contributed by atoms with Crippen molar-refractivity contribution < 1.29 is 19.1 Å². The van der Waals surface area contributed by atoms with E-state index in [4.69, 9.17) is 16.3 Å². The van der Waals surface area contributed by atoms with Gasteiger partial charge in [-0.15, -0.1) is 0 Å². The molecule has 1 aliphatic rings. The molecule has 8 heteroatoms. The molecule has 1 aromatic carbocycles. The fraction of sp³-hybridized carbons (Fsp3) is 0.526. The summed E-state index contributed by atoms with van der Waals surface area (Å²) in [6.45, 7) is 4.88. The molecular weight excluding hydrogens is 370 g/mol. The third-order valence-corrected chi connectivity index (χ3v) is 4.95. The van der Waals surface area contributed by atoms with E-state index in [1.807, 2.05) is 18.2 Å². The Balaban J connectivity index is 1.86. The lowest BCUT2D eigenvalue weighted by Crippen LogP contribution is -2.51. The van der Waals surface area contributed by atoms with Crippen LogP contribution in [0.2, 0.25) is 5.02 Å². The molecule has 1 fully saturated rings. The van der Waals surface area contributed by atoms with E-state index in [0.717, 1.165) is 5.56 Å². The number of rotatable bonds is 6. The van der Waals surface area contributed by atoms with Crippen LogP contribution in [0.25, 0.3) is 0 Å². The lowest BCUT2D eigenvalue weighted by Gasteiger charge is -2.37. The second-order valence-electron chi connectivity index (χ2n) is 6.43. The number of likely N-dealkylation sites (tertiary alicyclic amines) is 1. The normalized spacial score (nSPS) is 14.6. The molecule has 0 spiro atoms. The average Bonchev–Trinajstić information content (AvgIpc) is 2.65. The van der Waals surface area contributed by atoms with E-state index < -0.39 is 0 Å². The summed E-state index contributed by atoms with van der Waals surface area (Å²) < 4.78 is 5.00. The lowest BCUT2D eigenvalue weighted by molar-refractivity contribution is -0.137. The molecule has 148 valence electrons. The molecule has 0 bridgehead atoms. The lowest BCUT2D eigenvalue weighted by atomic mass is 10.0. The van der Waals surface area contributed by atoms with Crippen molar-refractivity contribution in [3.05, 3.63) is 34.9 Å². The minimum Gasteiger partial charge on any atom is -0.450 e. The highest BCUT2D eigenvalue weighted by Gasteiger charge is 2.29. The zero-order chi connectivity index (χ0) is 19.8. The summed E-state index contributed by atoms with van der Waals surface area (Å²) >= 11 is 6.09. The summed E-state index contributed by atoms with van der Waals surface area (Å²) in [6.07, 6.45) is 0.912. The van der Waals surface area contributed by atoms with Gasteiger partial charge in [0.25, 0.3) is 0 Å². The Labute approximate surface area is 164 Å². The molecule has 0 aromatic heterocycles. The largest absolute Gasteiger partial charge is 0.450 e. The Hall–Kier alpha value is -2.28. The molecule has 1 heterocycles. The monoisotopic (exact) mass is 395 g/mol. The fourth-order valence-electron chi connectivity index (χ4n) is 3.12. The SMILES string of the molecule is CCOC(=O)N1CCC(N(CC(=O)NCc2ccccc2Cl)C(C)=O)CC1. The number of hydrogen-bond donors (Lipinski definition) is 1. The van der Waals surface area contributed by atoms with Crippen LogP contribution in [0.3, 0.4) is 0 Å². The average molecular weight is 396 g/mol. The Morgan fingerprint density at radius 1 is 1.26 bits per heavy atom. The quantitative estimate of drug-likeness (QED) is 0.802. The Kier molecular flexibility index (Phi) is 7.91. The van der Waals surface area contributed by atoms with Gasteiger partial charge in [0.2, 0.25) is 11.8 Å². The maximum Gasteiger partial charge on any atom is 0.409 e. The van der Waals surface area contributed by atoms with E-state index in [-0.39, 0.29) is 30.5 Å². The van der Waals surface area contributed by atoms with Crippen LogP contribution in [0.5, 0.6) is 0 Å². The zero-order valence-corrected chi connectivity index (χ0v) is 16.5. The minimum atomic E-state index is -0.331. The first-order valence-electron chi connectivity index (χ1n) is 9.11. The van der Waals surface area contributed by atoms with Crippen LogP contribution < -0.4 is 5.32 Å². The van der Waals surface area contributed by atoms with Gasteiger partial charge in [-0.25, -0.2) is 4.79 Å². The Morgan fingerprint density at radius 2 is 1.93 bits per heavy atom. The van der Waals surface area contributed by atoms with Crippen molar-refractivity contribution >= 4 is 29.5 Å². The van der Waals surface area contributed by atoms with Crippen LogP contribution in [-0.2, 0) is 20.9 Å². The molecule has 0 atom stereocenters. The van der Waals surface area contributed by atoms with Crippen LogP contribution in [0.1, 0.15) is 32.3 Å². The van der Waals surface area contributed by atoms with Crippen molar-refractivity contribution in [1.29, 1.82) is 0 Å². The smallest absolute Gasteiger partial charge is 0.409 e. The van der Waals surface area contributed by atoms with Crippen molar-refractivity contribution in [2.45, 2.75) is 39.3 Å². The van der Waals surface area contributed by atoms with Crippen molar-refractivity contribution in [2.75, 3.05) is 26.2 Å². The number of benzene rings is 1. The molecule has 1 saturated heterocycles. The van der Waals surface area contributed by atoms with Crippen LogP contribution in [-0.4, -0.2) is 60.0 Å². The van der Waals surface area contributed by atoms with Gasteiger partial charge in [0.1, 0.15) is 0 Å². The molecule has 0 aliphatic carbocycles. The van der Waals surface area contributed by atoms with E-state index in [1.165, 1.54) is 6.92 Å². The Bertz CT molecular complexity index is 675. The molecule has 2 rings (SSSR count). The van der Waals surface area contributed by atoms with E-state index >= 15 is 0 Å². The first-order chi connectivity index (χ1) is 12.9. The number of amides is 3. The number of carbonyl (C=O) groups excluding carboxylic acids is 3. The number of piperidine rings is 1. The first kappa shape index (κ1) is 21.0. The van der Waals surface area contributed by atoms with Gasteiger partial charge in [0.15, 0.2) is 0 Å². The second kappa shape index (κ2) is 10.2. The highest BCUT2D eigenvalue weighted by Crippen LogP contribution is 2.18. The third kappa shape index (κ3) is 6.13. The number of nitrogens with one attached hydrogen (secondary N) is 1. The molecule has 1 aliphatic heterocycles. The highest BCUT2D eigenvalue weighted by atomic mass is 35.5. The maximum atomic E-state index is 12.3. The van der Waals surface area contributed by atoms with Crippen molar-refractivity contribution in [1.82, 2.24) is 15.1 Å². The van der Waals surface area contributed by atoms with Gasteiger partial charge >= 0.3 is 6.09 Å². The summed E-state index contributed by atoms with van der Waals surface area (Å²) in [5, 5.41) is 3.40. The minimum absolute atomic E-state index is 0.0101. The van der Waals surface area contributed by atoms with Crippen LogP contribution >= 0.6 is 11.6 Å². The zero-order valence-electron chi connectivity index (χ0n) is 15.7. The summed E-state index contributed by atoms with van der Waals surface area (Å²) in [5.74, 6) is -0.393. The van der Waals surface area contributed by atoms with Gasteiger partial charge in [0.05, 0.1) is 13.2 Å². The van der Waals surface area contributed by atoms with Gasteiger partial charge in [-0.3, -0.25) is 9.59 Å². The molecule has 1 aromatic rings. The second-order valence-corrected chi connectivity index (χ2v) is 6.84. The highest BCUT2D eigenvalue weighted by molar-refractivity contribution is 6.31. The third-order valence-electron chi connectivity index (χ3n) is 4.58. The van der Waals surface area contributed by atoms with E-state index in [2.05, 4.69) is 5.32 Å². The molecular formula is C19H26ClN3O4. The standard InChI is InChI=1S/C19H26ClN3O4/c1-3-27-19(26)22-10-8-16(9-11-22)23(14(2)24)13-18(25)21-12-15-6-4-5-7-17(15)20/h4-7,16H,3,8-13H2,1-2H3,(H,21,25). The van der Waals surface area contributed by atoms with Gasteiger partial charge < -0.3 is 19.9 Å². The van der Waals surface area contributed by atoms with Crippen molar-refractivity contribution in [2.24, 2.45) is 0 Å². The maximum absolute atomic E-state index is 12.3. The molecule has 0 radical (unpaired) electrons. The molecule has 0 saturated carbocycles. The fourth-order valence-corrected chi connectivity index (χ4v) is 3.32. The number of halogens is 1. The van der Waals surface area contributed by atoms with Gasteiger partial charge in [-0.2, -0.15) is 0 Å². The molecule has 7 nitrogen and oxygen atoms in total.